The molecule has 0 fully saturated rings. The fourth-order valence-electron chi connectivity index (χ4n) is 2.06. The van der Waals surface area contributed by atoms with Gasteiger partial charge in [0.15, 0.2) is 12.4 Å². The number of pyridine rings is 1. The third-order valence-electron chi connectivity index (χ3n) is 3.49. The van der Waals surface area contributed by atoms with E-state index in [-0.39, 0.29) is 12.2 Å². The van der Waals surface area contributed by atoms with Crippen LogP contribution in [0.4, 0.5) is 19.0 Å². The van der Waals surface area contributed by atoms with Crippen LogP contribution >= 0.6 is 11.6 Å². The summed E-state index contributed by atoms with van der Waals surface area (Å²) >= 11 is 5.68. The van der Waals surface area contributed by atoms with Gasteiger partial charge in [0.1, 0.15) is 0 Å². The Labute approximate surface area is 162 Å². The number of alkyl halides is 3. The Bertz CT molecular complexity index is 909. The molecule has 28 heavy (non-hydrogen) atoms. The van der Waals surface area contributed by atoms with Crippen molar-refractivity contribution in [3.63, 3.8) is 0 Å². The van der Waals surface area contributed by atoms with Crippen LogP contribution in [0, 0.1) is 11.3 Å². The van der Waals surface area contributed by atoms with Gasteiger partial charge in [0.05, 0.1) is 22.2 Å². The van der Waals surface area contributed by atoms with Crippen molar-refractivity contribution in [1.82, 2.24) is 4.98 Å². The molecule has 6 nitrogen and oxygen atoms in total. The first kappa shape index (κ1) is 21.2. The number of ether oxygens (including phenoxy) is 1. The highest BCUT2D eigenvalue weighted by Crippen LogP contribution is 2.32. The highest BCUT2D eigenvalue weighted by atomic mass is 35.5. The molecule has 2 aromatic rings. The molecule has 1 amide bonds. The molecular weight excluding hydrogens is 399 g/mol. The van der Waals surface area contributed by atoms with Gasteiger partial charge in [0, 0.05) is 12.6 Å². The van der Waals surface area contributed by atoms with Crippen molar-refractivity contribution in [2.75, 3.05) is 11.9 Å². The van der Waals surface area contributed by atoms with E-state index in [4.69, 9.17) is 21.6 Å². The van der Waals surface area contributed by atoms with E-state index in [1.807, 2.05) is 6.07 Å². The number of halogens is 4. The number of aromatic nitrogens is 1. The Kier molecular flexibility index (Phi) is 6.95. The Balaban J connectivity index is 1.80. The highest BCUT2D eigenvalue weighted by Gasteiger charge is 2.31. The van der Waals surface area contributed by atoms with Crippen LogP contribution in [0.3, 0.4) is 0 Å². The first-order valence-electron chi connectivity index (χ1n) is 7.86. The van der Waals surface area contributed by atoms with Crippen LogP contribution in [0.15, 0.2) is 36.5 Å². The van der Waals surface area contributed by atoms with Gasteiger partial charge < -0.3 is 10.1 Å². The normalized spacial score (nSPS) is 10.8. The largest absolute Gasteiger partial charge is 0.456 e. The molecule has 0 atom stereocenters. The quantitative estimate of drug-likeness (QED) is 0.731. The number of rotatable bonds is 6. The Morgan fingerprint density at radius 3 is 2.50 bits per heavy atom. The second-order valence-corrected chi connectivity index (χ2v) is 5.98. The molecule has 0 aliphatic carbocycles. The molecule has 10 heteroatoms. The number of esters is 1. The van der Waals surface area contributed by atoms with Gasteiger partial charge in [0.2, 0.25) is 0 Å². The van der Waals surface area contributed by atoms with Crippen LogP contribution in [0.1, 0.15) is 23.1 Å². The topological polar surface area (TPSA) is 92.1 Å². The lowest BCUT2D eigenvalue weighted by Crippen LogP contribution is -2.22. The molecule has 0 saturated heterocycles. The van der Waals surface area contributed by atoms with E-state index in [1.54, 1.807) is 24.3 Å². The van der Waals surface area contributed by atoms with Gasteiger partial charge in [-0.3, -0.25) is 9.59 Å². The maximum Gasteiger partial charge on any atom is 0.417 e. The maximum atomic E-state index is 12.5. The predicted molar refractivity (Wildman–Crippen MR) is 93.3 cm³/mol. The second kappa shape index (κ2) is 9.19. The summed E-state index contributed by atoms with van der Waals surface area (Å²) < 4.78 is 42.4. The average Bonchev–Trinajstić information content (AvgIpc) is 2.66. The van der Waals surface area contributed by atoms with Crippen molar-refractivity contribution in [3.8, 4) is 6.07 Å². The number of carbonyl (C=O) groups excluding carboxylic acids is 2. The molecular formula is C18H13ClF3N3O3. The molecule has 0 spiro atoms. The van der Waals surface area contributed by atoms with Gasteiger partial charge in [0.25, 0.3) is 5.91 Å². The van der Waals surface area contributed by atoms with Crippen molar-refractivity contribution in [3.05, 3.63) is 58.2 Å². The van der Waals surface area contributed by atoms with E-state index in [0.29, 0.717) is 24.2 Å². The second-order valence-electron chi connectivity index (χ2n) is 5.57. The molecule has 0 aliphatic heterocycles. The molecule has 1 heterocycles. The molecule has 1 aromatic carbocycles. The van der Waals surface area contributed by atoms with Crippen LogP contribution in [0.2, 0.25) is 5.02 Å². The lowest BCUT2D eigenvalue weighted by atomic mass is 10.1. The van der Waals surface area contributed by atoms with Crippen molar-refractivity contribution >= 4 is 29.3 Å². The van der Waals surface area contributed by atoms with Gasteiger partial charge in [-0.1, -0.05) is 23.7 Å². The standard InChI is InChI=1S/C18H13ClF3N3O3/c19-14-7-13(18(20,21)22)9-24-17(14)25-15(26)10-28-16(27)6-5-11-1-3-12(8-23)4-2-11/h1-4,7,9H,5-6,10H2,(H,24,25,26). The summed E-state index contributed by atoms with van der Waals surface area (Å²) in [5.74, 6) is -1.69. The third kappa shape index (κ3) is 6.25. The number of carbonyl (C=O) groups is 2. The van der Waals surface area contributed by atoms with Crippen LogP contribution in [0.5, 0.6) is 0 Å². The first-order valence-corrected chi connectivity index (χ1v) is 8.24. The fourth-order valence-corrected chi connectivity index (χ4v) is 2.28. The summed E-state index contributed by atoms with van der Waals surface area (Å²) in [6.45, 7) is -0.634. The van der Waals surface area contributed by atoms with Gasteiger partial charge in [-0.05, 0) is 30.2 Å². The Morgan fingerprint density at radius 2 is 1.93 bits per heavy atom. The highest BCUT2D eigenvalue weighted by molar-refractivity contribution is 6.33. The van der Waals surface area contributed by atoms with Gasteiger partial charge in [-0.25, -0.2) is 4.98 Å². The molecule has 146 valence electrons. The molecule has 1 N–H and O–H groups in total. The Morgan fingerprint density at radius 1 is 1.25 bits per heavy atom. The number of anilines is 1. The average molecular weight is 412 g/mol. The summed E-state index contributed by atoms with van der Waals surface area (Å²) in [7, 11) is 0. The number of nitrogens with one attached hydrogen (secondary N) is 1. The number of nitriles is 1. The predicted octanol–water partition coefficient (Wildman–Crippen LogP) is 3.74. The van der Waals surface area contributed by atoms with Crippen LogP contribution in [-0.4, -0.2) is 23.5 Å². The van der Waals surface area contributed by atoms with Crippen molar-refractivity contribution < 1.29 is 27.5 Å². The van der Waals surface area contributed by atoms with Crippen LogP contribution < -0.4 is 5.32 Å². The lowest BCUT2D eigenvalue weighted by molar-refractivity contribution is -0.147. The fraction of sp³-hybridized carbons (Fsp3) is 0.222. The summed E-state index contributed by atoms with van der Waals surface area (Å²) in [6, 6.07) is 9.26. The van der Waals surface area contributed by atoms with E-state index in [1.165, 1.54) is 0 Å². The van der Waals surface area contributed by atoms with Gasteiger partial charge >= 0.3 is 12.1 Å². The smallest absolute Gasteiger partial charge is 0.417 e. The SMILES string of the molecule is N#Cc1ccc(CCC(=O)OCC(=O)Nc2ncc(C(F)(F)F)cc2Cl)cc1. The Hall–Kier alpha value is -3.12. The molecule has 1 aromatic heterocycles. The van der Waals surface area contributed by atoms with Crippen LogP contribution in [-0.2, 0) is 26.9 Å². The van der Waals surface area contributed by atoms with Crippen molar-refractivity contribution in [2.45, 2.75) is 19.0 Å². The molecule has 0 radical (unpaired) electrons. The maximum absolute atomic E-state index is 12.5. The van der Waals surface area contributed by atoms with Gasteiger partial charge in [-0.15, -0.1) is 0 Å². The zero-order chi connectivity index (χ0) is 20.7. The third-order valence-corrected chi connectivity index (χ3v) is 3.78. The number of benzene rings is 1. The summed E-state index contributed by atoms with van der Waals surface area (Å²) in [5.41, 5.74) is 0.268. The van der Waals surface area contributed by atoms with E-state index in [9.17, 15) is 22.8 Å². The minimum Gasteiger partial charge on any atom is -0.456 e. The number of aryl methyl sites for hydroxylation is 1. The summed E-state index contributed by atoms with van der Waals surface area (Å²) in [4.78, 5) is 26.9. The molecule has 0 aliphatic rings. The monoisotopic (exact) mass is 411 g/mol. The zero-order valence-corrected chi connectivity index (χ0v) is 15.0. The molecule has 0 bridgehead atoms. The minimum absolute atomic E-state index is 0.0124. The van der Waals surface area contributed by atoms with E-state index in [0.717, 1.165) is 5.56 Å². The number of nitrogens with zero attached hydrogens (tertiary/aromatic N) is 2. The summed E-state index contributed by atoms with van der Waals surface area (Å²) in [5, 5.41) is 10.5. The number of hydrogen-bond acceptors (Lipinski definition) is 5. The lowest BCUT2D eigenvalue weighted by Gasteiger charge is -2.10. The van der Waals surface area contributed by atoms with E-state index >= 15 is 0 Å². The van der Waals surface area contributed by atoms with E-state index in [2.05, 4.69) is 10.3 Å². The first-order chi connectivity index (χ1) is 13.2. The van der Waals surface area contributed by atoms with Gasteiger partial charge in [-0.2, -0.15) is 18.4 Å². The minimum atomic E-state index is -4.61. The van der Waals surface area contributed by atoms with Crippen LogP contribution in [0.25, 0.3) is 0 Å². The molecule has 0 saturated carbocycles. The van der Waals surface area contributed by atoms with E-state index < -0.39 is 35.2 Å². The van der Waals surface area contributed by atoms with Crippen molar-refractivity contribution in [1.29, 1.82) is 5.26 Å². The number of hydrogen-bond donors (Lipinski definition) is 1. The zero-order valence-electron chi connectivity index (χ0n) is 14.2. The molecule has 0 unspecified atom stereocenters. The number of amides is 1. The summed E-state index contributed by atoms with van der Waals surface area (Å²) in [6.07, 6.45) is -3.70. The molecule has 2 rings (SSSR count). The van der Waals surface area contributed by atoms with Crippen molar-refractivity contribution in [2.24, 2.45) is 0 Å².